The van der Waals surface area contributed by atoms with Crippen molar-refractivity contribution in [1.82, 2.24) is 35.0 Å². The van der Waals surface area contributed by atoms with Crippen LogP contribution in [0, 0.1) is 17.0 Å². The second-order valence-electron chi connectivity index (χ2n) is 13.9. The third-order valence-corrected chi connectivity index (χ3v) is 8.61. The monoisotopic (exact) mass is 765 g/mol. The molecule has 0 bridgehead atoms. The van der Waals surface area contributed by atoms with Crippen molar-refractivity contribution < 1.29 is 42.7 Å². The van der Waals surface area contributed by atoms with Crippen LogP contribution in [0.4, 0.5) is 8.78 Å². The Balaban J connectivity index is 1.44. The smallest absolute Gasteiger partial charge is 0.254 e. The number of nitrogens with two attached hydrogens (primary N) is 2. The van der Waals surface area contributed by atoms with Crippen LogP contribution in [0.15, 0.2) is 66.9 Å². The molecule has 0 saturated carbocycles. The molecular weight excluding hydrogens is 720 g/mol. The van der Waals surface area contributed by atoms with Crippen LogP contribution in [0.25, 0.3) is 11.3 Å². The standard InChI is InChI=1S/C37H45F2N9O7/c1-37(2,3)34(35-44-28(25-17-24(38)9-10-26(25)39)19-45(35)18-23-7-5-4-6-8-23)46(33(54)22-49)16-13-27(40)36(55)48(41)21-30(51)43-15-14-42-29(50)20-47-31(52)11-12-32(47)53/h4-12,17,19,27,34,49H,13-16,18,20-22,40-41H2,1-3H3,(H,42,50)(H,43,51). The van der Waals surface area contributed by atoms with Crippen molar-refractivity contribution in [3.8, 4) is 11.3 Å². The van der Waals surface area contributed by atoms with Gasteiger partial charge in [0.2, 0.25) is 17.7 Å². The SMILES string of the molecule is CC(C)(C)C(c1nc(-c2cc(F)ccc2F)cn1Cc1ccccc1)N(CCC(N)C(=O)N(N)CC(=O)NCCNC(=O)CN1C(=O)C=CC1=O)C(=O)CO. The highest BCUT2D eigenvalue weighted by atomic mass is 19.1. The van der Waals surface area contributed by atoms with E-state index in [0.717, 1.165) is 40.8 Å². The zero-order valence-corrected chi connectivity index (χ0v) is 30.7. The number of carbonyl (C=O) groups is 6. The van der Waals surface area contributed by atoms with Gasteiger partial charge < -0.3 is 30.9 Å². The van der Waals surface area contributed by atoms with Gasteiger partial charge in [0.05, 0.1) is 17.8 Å². The van der Waals surface area contributed by atoms with Crippen LogP contribution < -0.4 is 22.2 Å². The average molecular weight is 766 g/mol. The predicted octanol–water partition coefficient (Wildman–Crippen LogP) is 0.362. The molecule has 2 unspecified atom stereocenters. The molecule has 0 fully saturated rings. The maximum Gasteiger partial charge on any atom is 0.254 e. The summed E-state index contributed by atoms with van der Waals surface area (Å²) in [6.07, 6.45) is 3.52. The van der Waals surface area contributed by atoms with Gasteiger partial charge in [0.25, 0.3) is 17.7 Å². The first-order chi connectivity index (χ1) is 26.0. The molecule has 16 nitrogen and oxygen atoms in total. The van der Waals surface area contributed by atoms with Gasteiger partial charge in [-0.1, -0.05) is 51.1 Å². The highest BCUT2D eigenvalue weighted by Gasteiger charge is 2.39. The average Bonchev–Trinajstić information content (AvgIpc) is 3.69. The number of aliphatic hydroxyl groups is 1. The quantitative estimate of drug-likeness (QED) is 0.0417. The fourth-order valence-electron chi connectivity index (χ4n) is 5.96. The van der Waals surface area contributed by atoms with E-state index < -0.39 is 84.3 Å². The second-order valence-corrected chi connectivity index (χ2v) is 13.9. The van der Waals surface area contributed by atoms with Crippen molar-refractivity contribution in [2.24, 2.45) is 17.0 Å². The van der Waals surface area contributed by atoms with Crippen LogP contribution in [-0.4, -0.2) is 110 Å². The first-order valence-electron chi connectivity index (χ1n) is 17.4. The minimum atomic E-state index is -1.29. The Labute approximate surface area is 316 Å². The van der Waals surface area contributed by atoms with E-state index in [1.807, 2.05) is 51.1 Å². The van der Waals surface area contributed by atoms with E-state index in [4.69, 9.17) is 16.6 Å². The van der Waals surface area contributed by atoms with Gasteiger partial charge in [0.15, 0.2) is 0 Å². The first-order valence-corrected chi connectivity index (χ1v) is 17.4. The molecule has 294 valence electrons. The van der Waals surface area contributed by atoms with E-state index in [1.165, 1.54) is 4.90 Å². The van der Waals surface area contributed by atoms with Gasteiger partial charge in [-0.25, -0.2) is 19.6 Å². The number of imide groups is 1. The topological polar surface area (TPSA) is 226 Å². The highest BCUT2D eigenvalue weighted by molar-refractivity contribution is 6.14. The third-order valence-electron chi connectivity index (χ3n) is 8.61. The molecular formula is C37H45F2N9O7. The van der Waals surface area contributed by atoms with E-state index in [0.29, 0.717) is 10.8 Å². The molecule has 0 aliphatic carbocycles. The number of benzene rings is 2. The Morgan fingerprint density at radius 1 is 0.964 bits per heavy atom. The molecule has 0 radical (unpaired) electrons. The number of rotatable bonds is 17. The van der Waals surface area contributed by atoms with Crippen LogP contribution in [0.1, 0.15) is 44.6 Å². The van der Waals surface area contributed by atoms with Crippen molar-refractivity contribution >= 4 is 35.4 Å². The first kappa shape index (κ1) is 41.9. The number of hydrogen-bond acceptors (Lipinski definition) is 10. The van der Waals surface area contributed by atoms with Crippen LogP contribution >= 0.6 is 0 Å². The molecule has 1 aliphatic rings. The summed E-state index contributed by atoms with van der Waals surface area (Å²) in [4.78, 5) is 81.1. The van der Waals surface area contributed by atoms with Gasteiger partial charge in [-0.05, 0) is 35.6 Å². The van der Waals surface area contributed by atoms with Gasteiger partial charge in [0.1, 0.15) is 37.2 Å². The Morgan fingerprint density at radius 2 is 1.60 bits per heavy atom. The van der Waals surface area contributed by atoms with Gasteiger partial charge in [0, 0.05) is 50.1 Å². The van der Waals surface area contributed by atoms with Crippen molar-refractivity contribution in [2.45, 2.75) is 45.8 Å². The fraction of sp³-hybridized carbons (Fsp3) is 0.378. The fourth-order valence-corrected chi connectivity index (χ4v) is 5.96. The molecule has 55 heavy (non-hydrogen) atoms. The number of hydrogen-bond donors (Lipinski definition) is 5. The zero-order valence-electron chi connectivity index (χ0n) is 30.7. The number of carbonyl (C=O) groups excluding carboxylic acids is 6. The molecule has 2 atom stereocenters. The second kappa shape index (κ2) is 18.5. The summed E-state index contributed by atoms with van der Waals surface area (Å²) in [5.41, 5.74) is 6.33. The van der Waals surface area contributed by atoms with Gasteiger partial charge >= 0.3 is 0 Å². The van der Waals surface area contributed by atoms with Gasteiger partial charge in [-0.3, -0.25) is 38.7 Å². The molecule has 0 spiro atoms. The normalized spacial score (nSPS) is 13.8. The van der Waals surface area contributed by atoms with Gasteiger partial charge in [-0.2, -0.15) is 0 Å². The molecule has 2 heterocycles. The molecule has 18 heteroatoms. The maximum atomic E-state index is 15.0. The summed E-state index contributed by atoms with van der Waals surface area (Å²) in [5.74, 6) is 0.771. The minimum Gasteiger partial charge on any atom is -0.387 e. The van der Waals surface area contributed by atoms with E-state index >= 15 is 0 Å². The summed E-state index contributed by atoms with van der Waals surface area (Å²) in [6.45, 7) is 3.53. The molecule has 7 N–H and O–H groups in total. The van der Waals surface area contributed by atoms with E-state index in [9.17, 15) is 42.7 Å². The van der Waals surface area contributed by atoms with Crippen LogP contribution in [0.2, 0.25) is 0 Å². The number of nitrogens with zero attached hydrogens (tertiary/aromatic N) is 5. The van der Waals surface area contributed by atoms with Crippen molar-refractivity contribution in [2.75, 3.05) is 39.3 Å². The number of halogens is 2. The number of aromatic nitrogens is 2. The summed E-state index contributed by atoms with van der Waals surface area (Å²) < 4.78 is 31.0. The lowest BCUT2D eigenvalue weighted by atomic mass is 9.84. The number of aliphatic hydroxyl groups excluding tert-OH is 1. The Hall–Kier alpha value is -5.85. The molecule has 2 aromatic carbocycles. The van der Waals surface area contributed by atoms with E-state index in [2.05, 4.69) is 10.6 Å². The Morgan fingerprint density at radius 3 is 2.22 bits per heavy atom. The number of amides is 6. The number of hydrazine groups is 1. The highest BCUT2D eigenvalue weighted by Crippen LogP contribution is 2.39. The number of imidazole rings is 1. The Kier molecular flexibility index (Phi) is 14.1. The summed E-state index contributed by atoms with van der Waals surface area (Å²) in [6, 6.07) is 10.1. The third kappa shape index (κ3) is 11.1. The van der Waals surface area contributed by atoms with Crippen molar-refractivity contribution in [3.05, 3.63) is 89.9 Å². The van der Waals surface area contributed by atoms with E-state index in [1.54, 1.807) is 10.8 Å². The lowest BCUT2D eigenvalue weighted by molar-refractivity contribution is -0.141. The summed E-state index contributed by atoms with van der Waals surface area (Å²) >= 11 is 0. The molecule has 6 amide bonds. The van der Waals surface area contributed by atoms with Gasteiger partial charge in [-0.15, -0.1) is 0 Å². The van der Waals surface area contributed by atoms with Crippen molar-refractivity contribution in [3.63, 3.8) is 0 Å². The molecule has 1 aliphatic heterocycles. The summed E-state index contributed by atoms with van der Waals surface area (Å²) in [7, 11) is 0. The van der Waals surface area contributed by atoms with Crippen LogP contribution in [-0.2, 0) is 35.3 Å². The summed E-state index contributed by atoms with van der Waals surface area (Å²) in [5, 5.41) is 15.6. The lowest BCUT2D eigenvalue weighted by Gasteiger charge is -2.40. The molecule has 4 rings (SSSR count). The largest absolute Gasteiger partial charge is 0.387 e. The molecule has 0 saturated heterocycles. The van der Waals surface area contributed by atoms with E-state index in [-0.39, 0.29) is 43.9 Å². The molecule has 1 aromatic heterocycles. The zero-order chi connectivity index (χ0) is 40.4. The van der Waals surface area contributed by atoms with Crippen LogP contribution in [0.3, 0.4) is 0 Å². The van der Waals surface area contributed by atoms with Crippen LogP contribution in [0.5, 0.6) is 0 Å². The predicted molar refractivity (Wildman–Crippen MR) is 194 cm³/mol. The van der Waals surface area contributed by atoms with Crippen molar-refractivity contribution in [1.29, 1.82) is 0 Å². The molecule has 3 aromatic rings. The number of nitrogens with one attached hydrogen (secondary N) is 2. The minimum absolute atomic E-state index is 0.0435. The maximum absolute atomic E-state index is 15.0. The lowest BCUT2D eigenvalue weighted by Crippen LogP contribution is -2.53. The Bertz CT molecular complexity index is 1910.